The zero-order valence-electron chi connectivity index (χ0n) is 11.7. The number of rotatable bonds is 6. The highest BCUT2D eigenvalue weighted by atomic mass is 35.5. The SMILES string of the molecule is COCC(Cl)CCNC(=O)c1snnc1C(C)(C)C. The standard InChI is InChI=1S/C12H20ClN3O2S/c1-12(2,3)10-9(19-16-15-10)11(17)14-6-5-8(13)7-18-4/h8H,5-7H2,1-4H3,(H,14,17). The maximum absolute atomic E-state index is 12.1. The van der Waals surface area contributed by atoms with E-state index in [2.05, 4.69) is 14.9 Å². The minimum Gasteiger partial charge on any atom is -0.383 e. The van der Waals surface area contributed by atoms with Crippen molar-refractivity contribution < 1.29 is 9.53 Å². The maximum Gasteiger partial charge on any atom is 0.264 e. The van der Waals surface area contributed by atoms with E-state index in [-0.39, 0.29) is 16.7 Å². The summed E-state index contributed by atoms with van der Waals surface area (Å²) in [5.74, 6) is -0.138. The van der Waals surface area contributed by atoms with Crippen LogP contribution in [0.3, 0.4) is 0 Å². The van der Waals surface area contributed by atoms with Gasteiger partial charge in [0.1, 0.15) is 4.88 Å². The second-order valence-electron chi connectivity index (χ2n) is 5.30. The molecule has 0 aliphatic heterocycles. The van der Waals surface area contributed by atoms with E-state index < -0.39 is 0 Å². The highest BCUT2D eigenvalue weighted by Gasteiger charge is 2.26. The van der Waals surface area contributed by atoms with Crippen LogP contribution in [0.25, 0.3) is 0 Å². The number of alkyl halides is 1. The molecule has 0 bridgehead atoms. The number of halogens is 1. The lowest BCUT2D eigenvalue weighted by Crippen LogP contribution is -2.28. The molecule has 5 nitrogen and oxygen atoms in total. The van der Waals surface area contributed by atoms with Gasteiger partial charge in [-0.3, -0.25) is 4.79 Å². The van der Waals surface area contributed by atoms with E-state index >= 15 is 0 Å². The molecule has 1 unspecified atom stereocenters. The molecule has 0 fully saturated rings. The van der Waals surface area contributed by atoms with Crippen LogP contribution in [0, 0.1) is 0 Å². The Morgan fingerprint density at radius 3 is 2.79 bits per heavy atom. The Morgan fingerprint density at radius 1 is 1.53 bits per heavy atom. The van der Waals surface area contributed by atoms with Gasteiger partial charge in [0.2, 0.25) is 0 Å². The van der Waals surface area contributed by atoms with Gasteiger partial charge in [0.15, 0.2) is 0 Å². The summed E-state index contributed by atoms with van der Waals surface area (Å²) in [6, 6.07) is 0. The van der Waals surface area contributed by atoms with Crippen LogP contribution in [0.1, 0.15) is 42.6 Å². The topological polar surface area (TPSA) is 64.1 Å². The Morgan fingerprint density at radius 2 is 2.21 bits per heavy atom. The Kier molecular flexibility index (Phi) is 6.16. The molecule has 7 heteroatoms. The summed E-state index contributed by atoms with van der Waals surface area (Å²) in [6.45, 7) is 7.01. The highest BCUT2D eigenvalue weighted by Crippen LogP contribution is 2.25. The van der Waals surface area contributed by atoms with E-state index in [9.17, 15) is 4.79 Å². The monoisotopic (exact) mass is 305 g/mol. The first-order chi connectivity index (χ1) is 8.86. The van der Waals surface area contributed by atoms with Gasteiger partial charge in [-0.2, -0.15) is 0 Å². The van der Waals surface area contributed by atoms with Crippen molar-refractivity contribution in [2.24, 2.45) is 0 Å². The van der Waals surface area contributed by atoms with Crippen LogP contribution < -0.4 is 5.32 Å². The van der Waals surface area contributed by atoms with Crippen LogP contribution >= 0.6 is 23.1 Å². The van der Waals surface area contributed by atoms with Gasteiger partial charge in [-0.25, -0.2) is 0 Å². The molecule has 0 spiro atoms. The molecule has 1 aromatic heterocycles. The van der Waals surface area contributed by atoms with Crippen LogP contribution in [0.5, 0.6) is 0 Å². The van der Waals surface area contributed by atoms with E-state index in [4.69, 9.17) is 16.3 Å². The van der Waals surface area contributed by atoms with Crippen molar-refractivity contribution in [3.05, 3.63) is 10.6 Å². The van der Waals surface area contributed by atoms with E-state index in [0.717, 1.165) is 17.2 Å². The van der Waals surface area contributed by atoms with Crippen LogP contribution in [0.15, 0.2) is 0 Å². The number of carbonyl (C=O) groups excluding carboxylic acids is 1. The number of nitrogens with one attached hydrogen (secondary N) is 1. The molecule has 1 rings (SSSR count). The second kappa shape index (κ2) is 7.17. The molecule has 1 aromatic rings. The fourth-order valence-corrected chi connectivity index (χ4v) is 2.54. The van der Waals surface area contributed by atoms with Crippen LogP contribution in [0.4, 0.5) is 0 Å². The smallest absolute Gasteiger partial charge is 0.264 e. The maximum atomic E-state index is 12.1. The van der Waals surface area contributed by atoms with E-state index in [1.165, 1.54) is 0 Å². The summed E-state index contributed by atoms with van der Waals surface area (Å²) in [4.78, 5) is 12.6. The van der Waals surface area contributed by atoms with Gasteiger partial charge >= 0.3 is 0 Å². The lowest BCUT2D eigenvalue weighted by molar-refractivity contribution is 0.0953. The predicted octanol–water partition coefficient (Wildman–Crippen LogP) is 2.21. The van der Waals surface area contributed by atoms with Gasteiger partial charge in [0.25, 0.3) is 5.91 Å². The first-order valence-electron chi connectivity index (χ1n) is 6.10. The summed E-state index contributed by atoms with van der Waals surface area (Å²) in [5, 5.41) is 6.79. The predicted molar refractivity (Wildman–Crippen MR) is 77.1 cm³/mol. The summed E-state index contributed by atoms with van der Waals surface area (Å²) in [5.41, 5.74) is 0.541. The molecule has 19 heavy (non-hydrogen) atoms. The molecule has 0 radical (unpaired) electrons. The second-order valence-corrected chi connectivity index (χ2v) is 6.67. The zero-order valence-corrected chi connectivity index (χ0v) is 13.3. The Labute approximate surface area is 122 Å². The minimum atomic E-state index is -0.190. The molecular formula is C12H20ClN3O2S. The van der Waals surface area contributed by atoms with Gasteiger partial charge in [-0.1, -0.05) is 25.3 Å². The van der Waals surface area contributed by atoms with Gasteiger partial charge in [-0.15, -0.1) is 16.7 Å². The van der Waals surface area contributed by atoms with E-state index in [1.54, 1.807) is 7.11 Å². The van der Waals surface area contributed by atoms with Crippen molar-refractivity contribution >= 4 is 29.0 Å². The number of aromatic nitrogens is 2. The normalized spacial score (nSPS) is 13.3. The number of carbonyl (C=O) groups is 1. The van der Waals surface area contributed by atoms with Crippen LogP contribution in [-0.2, 0) is 10.2 Å². The fourth-order valence-electron chi connectivity index (χ4n) is 1.52. The molecular weight excluding hydrogens is 286 g/mol. The summed E-state index contributed by atoms with van der Waals surface area (Å²) >= 11 is 7.12. The van der Waals surface area contributed by atoms with Crippen LogP contribution in [0.2, 0.25) is 0 Å². The Hall–Kier alpha value is -0.720. The van der Waals surface area contributed by atoms with Crippen molar-refractivity contribution in [2.75, 3.05) is 20.3 Å². The fraction of sp³-hybridized carbons (Fsp3) is 0.750. The Bertz CT molecular complexity index is 417. The van der Waals surface area contributed by atoms with Gasteiger partial charge in [-0.05, 0) is 18.0 Å². The molecule has 0 saturated heterocycles. The summed E-state index contributed by atoms with van der Waals surface area (Å²) < 4.78 is 8.80. The number of amides is 1. The van der Waals surface area contributed by atoms with Crippen LogP contribution in [-0.4, -0.2) is 41.1 Å². The van der Waals surface area contributed by atoms with Crippen molar-refractivity contribution in [1.82, 2.24) is 14.9 Å². The quantitative estimate of drug-likeness (QED) is 0.818. The number of ether oxygens (including phenoxy) is 1. The third-order valence-corrected chi connectivity index (χ3v) is 3.56. The van der Waals surface area contributed by atoms with Gasteiger partial charge in [0, 0.05) is 19.1 Å². The molecule has 0 saturated carbocycles. The number of nitrogens with zero attached hydrogens (tertiary/aromatic N) is 2. The van der Waals surface area contributed by atoms with Gasteiger partial charge < -0.3 is 10.1 Å². The molecule has 1 atom stereocenters. The van der Waals surface area contributed by atoms with Crippen molar-refractivity contribution in [3.8, 4) is 0 Å². The Balaban J connectivity index is 2.53. The third-order valence-electron chi connectivity index (χ3n) is 2.50. The van der Waals surface area contributed by atoms with Crippen molar-refractivity contribution in [2.45, 2.75) is 38.0 Å². The number of hydrogen-bond acceptors (Lipinski definition) is 5. The number of methoxy groups -OCH3 is 1. The third kappa shape index (κ3) is 5.04. The first kappa shape index (κ1) is 16.3. The highest BCUT2D eigenvalue weighted by molar-refractivity contribution is 7.08. The number of hydrogen-bond donors (Lipinski definition) is 1. The molecule has 1 N–H and O–H groups in total. The zero-order chi connectivity index (χ0) is 14.5. The lowest BCUT2D eigenvalue weighted by Gasteiger charge is -2.16. The minimum absolute atomic E-state index is 0.0908. The molecule has 0 aliphatic carbocycles. The molecule has 1 heterocycles. The average molecular weight is 306 g/mol. The molecule has 108 valence electrons. The largest absolute Gasteiger partial charge is 0.383 e. The molecule has 1 amide bonds. The summed E-state index contributed by atoms with van der Waals surface area (Å²) in [6.07, 6.45) is 0.665. The molecule has 0 aliphatic rings. The average Bonchev–Trinajstić information content (AvgIpc) is 2.77. The van der Waals surface area contributed by atoms with Crippen molar-refractivity contribution in [1.29, 1.82) is 0 Å². The van der Waals surface area contributed by atoms with Crippen molar-refractivity contribution in [3.63, 3.8) is 0 Å². The lowest BCUT2D eigenvalue weighted by atomic mass is 9.91. The molecule has 0 aromatic carbocycles. The first-order valence-corrected chi connectivity index (χ1v) is 7.31. The van der Waals surface area contributed by atoms with E-state index in [1.807, 2.05) is 20.8 Å². The van der Waals surface area contributed by atoms with E-state index in [0.29, 0.717) is 24.4 Å². The summed E-state index contributed by atoms with van der Waals surface area (Å²) in [7, 11) is 1.60. The van der Waals surface area contributed by atoms with Gasteiger partial charge in [0.05, 0.1) is 17.7 Å².